The van der Waals surface area contributed by atoms with Gasteiger partial charge in [0, 0.05) is 25.8 Å². The van der Waals surface area contributed by atoms with Crippen LogP contribution >= 0.6 is 0 Å². The van der Waals surface area contributed by atoms with Crippen molar-refractivity contribution in [3.8, 4) is 0 Å². The van der Waals surface area contributed by atoms with E-state index in [0.29, 0.717) is 17.7 Å². The molecular formula is C25H29FN2O3S. The van der Waals surface area contributed by atoms with Crippen molar-refractivity contribution < 1.29 is 12.8 Å². The molecule has 0 aliphatic carbocycles. The zero-order valence-corrected chi connectivity index (χ0v) is 19.6. The minimum Gasteiger partial charge on any atom is -0.369 e. The number of pyridine rings is 1. The van der Waals surface area contributed by atoms with Crippen LogP contribution in [0.3, 0.4) is 0 Å². The van der Waals surface area contributed by atoms with Gasteiger partial charge >= 0.3 is 0 Å². The SMILES string of the molecule is CCCCn1cc(S(=O)(=O)c2ccc(C)c(C)c2)c(=O)c2cc(F)c(N3CCCC3)cc21. The molecule has 0 spiro atoms. The van der Waals surface area contributed by atoms with E-state index in [9.17, 15) is 13.2 Å². The first-order valence-corrected chi connectivity index (χ1v) is 12.7. The lowest BCUT2D eigenvalue weighted by molar-refractivity contribution is 0.590. The van der Waals surface area contributed by atoms with Gasteiger partial charge in [-0.3, -0.25) is 4.79 Å². The number of sulfone groups is 1. The number of rotatable bonds is 6. The molecule has 7 heteroatoms. The second-order valence-electron chi connectivity index (χ2n) is 8.63. The van der Waals surface area contributed by atoms with Gasteiger partial charge in [-0.15, -0.1) is 0 Å². The van der Waals surface area contributed by atoms with Crippen molar-refractivity contribution >= 4 is 26.4 Å². The van der Waals surface area contributed by atoms with Crippen LogP contribution in [0.1, 0.15) is 43.7 Å². The molecule has 0 N–H and O–H groups in total. The van der Waals surface area contributed by atoms with Crippen molar-refractivity contribution in [1.29, 1.82) is 0 Å². The van der Waals surface area contributed by atoms with Crippen LogP contribution in [0.25, 0.3) is 10.9 Å². The molecule has 2 aromatic carbocycles. The van der Waals surface area contributed by atoms with Gasteiger partial charge in [0.15, 0.2) is 0 Å². The van der Waals surface area contributed by atoms with E-state index in [2.05, 4.69) is 0 Å². The quantitative estimate of drug-likeness (QED) is 0.524. The third-order valence-electron chi connectivity index (χ3n) is 6.39. The summed E-state index contributed by atoms with van der Waals surface area (Å²) in [5.74, 6) is -0.487. The summed E-state index contributed by atoms with van der Waals surface area (Å²) < 4.78 is 43.7. The number of fused-ring (bicyclic) bond motifs is 1. The van der Waals surface area contributed by atoms with Gasteiger partial charge in [0.2, 0.25) is 15.3 Å². The predicted molar refractivity (Wildman–Crippen MR) is 126 cm³/mol. The predicted octanol–water partition coefficient (Wildman–Crippen LogP) is 4.99. The maximum atomic E-state index is 15.0. The Bertz CT molecular complexity index is 1340. The molecule has 170 valence electrons. The molecule has 1 saturated heterocycles. The summed E-state index contributed by atoms with van der Waals surface area (Å²) in [6.07, 6.45) is 5.18. The summed E-state index contributed by atoms with van der Waals surface area (Å²) in [5, 5.41) is 0.103. The molecule has 0 bridgehead atoms. The summed E-state index contributed by atoms with van der Waals surface area (Å²) in [7, 11) is -4.05. The van der Waals surface area contributed by atoms with E-state index in [1.54, 1.807) is 22.8 Å². The Labute approximate surface area is 188 Å². The van der Waals surface area contributed by atoms with Gasteiger partial charge in [-0.05, 0) is 68.5 Å². The summed E-state index contributed by atoms with van der Waals surface area (Å²) >= 11 is 0. The van der Waals surface area contributed by atoms with Crippen molar-refractivity contribution in [3.05, 3.63) is 63.7 Å². The van der Waals surface area contributed by atoms with E-state index in [-0.39, 0.29) is 15.2 Å². The number of hydrogen-bond acceptors (Lipinski definition) is 4. The average Bonchev–Trinajstić information content (AvgIpc) is 3.29. The highest BCUT2D eigenvalue weighted by molar-refractivity contribution is 7.91. The smallest absolute Gasteiger partial charge is 0.211 e. The standard InChI is InChI=1S/C25H29FN2O3S/c1-4-5-10-28-16-24(32(30,31)19-9-8-17(2)18(3)13-19)25(29)20-14-21(26)23(15-22(20)28)27-11-6-7-12-27/h8-9,13-16H,4-7,10-12H2,1-3H3. The second-order valence-corrected chi connectivity index (χ2v) is 10.6. The minimum atomic E-state index is -4.05. The zero-order valence-electron chi connectivity index (χ0n) is 18.8. The summed E-state index contributed by atoms with van der Waals surface area (Å²) in [6, 6.07) is 7.77. The first-order chi connectivity index (χ1) is 15.2. The van der Waals surface area contributed by atoms with Crippen LogP contribution in [-0.2, 0) is 16.4 Å². The summed E-state index contributed by atoms with van der Waals surface area (Å²) in [6.45, 7) is 7.89. The highest BCUT2D eigenvalue weighted by Crippen LogP contribution is 2.30. The first kappa shape index (κ1) is 22.5. The molecule has 3 aromatic rings. The number of hydrogen-bond donors (Lipinski definition) is 0. The van der Waals surface area contributed by atoms with Crippen molar-refractivity contribution in [2.75, 3.05) is 18.0 Å². The maximum Gasteiger partial charge on any atom is 0.211 e. The molecule has 1 aliphatic rings. The Morgan fingerprint density at radius 3 is 2.41 bits per heavy atom. The minimum absolute atomic E-state index is 0.0771. The number of benzene rings is 2. The van der Waals surface area contributed by atoms with Crippen LogP contribution < -0.4 is 10.3 Å². The molecule has 5 nitrogen and oxygen atoms in total. The van der Waals surface area contributed by atoms with E-state index in [1.165, 1.54) is 18.3 Å². The third kappa shape index (κ3) is 3.94. The van der Waals surface area contributed by atoms with E-state index in [0.717, 1.165) is 49.9 Å². The molecule has 0 radical (unpaired) electrons. The molecule has 0 saturated carbocycles. The Morgan fingerprint density at radius 1 is 1.03 bits per heavy atom. The number of unbranched alkanes of at least 4 members (excludes halogenated alkanes) is 1. The number of anilines is 1. The number of halogens is 1. The van der Waals surface area contributed by atoms with Gasteiger partial charge in [-0.25, -0.2) is 12.8 Å². The van der Waals surface area contributed by atoms with Gasteiger partial charge in [-0.2, -0.15) is 0 Å². The lowest BCUT2D eigenvalue weighted by Crippen LogP contribution is -2.22. The van der Waals surface area contributed by atoms with Crippen LogP contribution in [-0.4, -0.2) is 26.1 Å². The van der Waals surface area contributed by atoms with E-state index in [4.69, 9.17) is 0 Å². The second kappa shape index (κ2) is 8.70. The Kier molecular flexibility index (Phi) is 6.12. The Hall–Kier alpha value is -2.67. The van der Waals surface area contributed by atoms with E-state index >= 15 is 4.39 Å². The average molecular weight is 457 g/mol. The van der Waals surface area contributed by atoms with Gasteiger partial charge in [-0.1, -0.05) is 19.4 Å². The van der Waals surface area contributed by atoms with E-state index in [1.807, 2.05) is 25.7 Å². The van der Waals surface area contributed by atoms with Gasteiger partial charge in [0.05, 0.1) is 21.5 Å². The van der Waals surface area contributed by atoms with Crippen LogP contribution in [0.2, 0.25) is 0 Å². The molecule has 0 atom stereocenters. The fourth-order valence-electron chi connectivity index (χ4n) is 4.29. The largest absolute Gasteiger partial charge is 0.369 e. The third-order valence-corrected chi connectivity index (χ3v) is 8.14. The van der Waals surface area contributed by atoms with Crippen LogP contribution in [0.15, 0.2) is 51.1 Å². The number of nitrogens with zero attached hydrogens (tertiary/aromatic N) is 2. The van der Waals surface area contributed by atoms with Crippen molar-refractivity contribution in [2.24, 2.45) is 0 Å². The van der Waals surface area contributed by atoms with Gasteiger partial charge < -0.3 is 9.47 Å². The fourth-order valence-corrected chi connectivity index (χ4v) is 5.74. The maximum absolute atomic E-state index is 15.0. The normalized spacial score (nSPS) is 14.4. The fraction of sp³-hybridized carbons (Fsp3) is 0.400. The topological polar surface area (TPSA) is 59.4 Å². The molecule has 1 fully saturated rings. The molecule has 32 heavy (non-hydrogen) atoms. The van der Waals surface area contributed by atoms with Gasteiger partial charge in [0.1, 0.15) is 10.7 Å². The highest BCUT2D eigenvalue weighted by Gasteiger charge is 2.26. The monoisotopic (exact) mass is 456 g/mol. The first-order valence-electron chi connectivity index (χ1n) is 11.2. The van der Waals surface area contributed by atoms with Crippen LogP contribution in [0.5, 0.6) is 0 Å². The molecule has 1 aliphatic heterocycles. The lowest BCUT2D eigenvalue weighted by Gasteiger charge is -2.21. The van der Waals surface area contributed by atoms with E-state index < -0.39 is 21.1 Å². The lowest BCUT2D eigenvalue weighted by atomic mass is 10.1. The molecule has 0 unspecified atom stereocenters. The number of aryl methyl sites for hydroxylation is 3. The Balaban J connectivity index is 1.96. The molecule has 2 heterocycles. The van der Waals surface area contributed by atoms with Crippen molar-refractivity contribution in [3.63, 3.8) is 0 Å². The van der Waals surface area contributed by atoms with Crippen LogP contribution in [0.4, 0.5) is 10.1 Å². The van der Waals surface area contributed by atoms with Gasteiger partial charge in [0.25, 0.3) is 0 Å². The molecule has 4 rings (SSSR count). The Morgan fingerprint density at radius 2 is 1.75 bits per heavy atom. The van der Waals surface area contributed by atoms with Crippen molar-refractivity contribution in [2.45, 2.75) is 62.8 Å². The zero-order chi connectivity index (χ0) is 23.0. The molecular weight excluding hydrogens is 427 g/mol. The summed E-state index contributed by atoms with van der Waals surface area (Å²) in [5.41, 5.74) is 2.20. The number of aromatic nitrogens is 1. The highest BCUT2D eigenvalue weighted by atomic mass is 32.2. The molecule has 1 aromatic heterocycles. The molecule has 0 amide bonds. The van der Waals surface area contributed by atoms with Crippen LogP contribution in [0, 0.1) is 19.7 Å². The van der Waals surface area contributed by atoms with Crippen molar-refractivity contribution in [1.82, 2.24) is 4.57 Å². The summed E-state index contributed by atoms with van der Waals surface area (Å²) in [4.78, 5) is 15.1.